The monoisotopic (exact) mass is 632 g/mol. The number of aliphatic carboxylic acids is 1. The highest BCUT2D eigenvalue weighted by Crippen LogP contribution is 2.39. The van der Waals surface area contributed by atoms with Crippen LogP contribution in [0.3, 0.4) is 0 Å². The van der Waals surface area contributed by atoms with Gasteiger partial charge in [0.15, 0.2) is 16.6 Å². The molecule has 2 rings (SSSR count). The molecule has 0 aliphatic rings. The van der Waals surface area contributed by atoms with Gasteiger partial charge in [0, 0.05) is 4.88 Å². The number of ether oxygens (including phenoxy) is 1. The van der Waals surface area contributed by atoms with Crippen LogP contribution in [0.1, 0.15) is 96.7 Å². The van der Waals surface area contributed by atoms with E-state index >= 15 is 0 Å². The van der Waals surface area contributed by atoms with Crippen LogP contribution < -0.4 is 4.74 Å². The molecule has 1 aromatic heterocycles. The van der Waals surface area contributed by atoms with Gasteiger partial charge in [-0.1, -0.05) is 60.6 Å². The van der Waals surface area contributed by atoms with E-state index in [4.69, 9.17) is 13.6 Å². The standard InChI is InChI=1S/C34H56O5SSi2/c1-14-25(17-18-34(8,9)31(35)36)28-20-30(40-24-28)23-37-29-16-15-26(21-38-41(10,11)32(2,3)4)27(19-29)22-39-42(12,13)33(5,6)7/h15-17,19-20,24H,14,18,21-23H2,1-13H3,(H,35,36). The van der Waals surface area contributed by atoms with Gasteiger partial charge >= 0.3 is 5.97 Å². The molecule has 0 saturated carbocycles. The van der Waals surface area contributed by atoms with Gasteiger partial charge in [-0.3, -0.25) is 4.79 Å². The molecule has 5 nitrogen and oxygen atoms in total. The summed E-state index contributed by atoms with van der Waals surface area (Å²) in [6.45, 7) is 30.0. The van der Waals surface area contributed by atoms with Crippen molar-refractivity contribution >= 4 is 39.5 Å². The molecule has 2 aromatic rings. The van der Waals surface area contributed by atoms with Crippen LogP contribution in [0.5, 0.6) is 5.75 Å². The lowest BCUT2D eigenvalue weighted by atomic mass is 9.88. The minimum absolute atomic E-state index is 0.130. The Morgan fingerprint density at radius 1 is 0.857 bits per heavy atom. The lowest BCUT2D eigenvalue weighted by Gasteiger charge is -2.37. The molecule has 0 fully saturated rings. The Morgan fingerprint density at radius 3 is 1.90 bits per heavy atom. The third kappa shape index (κ3) is 9.91. The number of rotatable bonds is 14. The van der Waals surface area contributed by atoms with E-state index in [1.807, 2.05) is 6.07 Å². The topological polar surface area (TPSA) is 65.0 Å². The number of benzene rings is 1. The summed E-state index contributed by atoms with van der Waals surface area (Å²) < 4.78 is 19.5. The molecule has 0 saturated heterocycles. The van der Waals surface area contributed by atoms with Crippen molar-refractivity contribution in [1.82, 2.24) is 0 Å². The molecular formula is C34H56O5SSi2. The van der Waals surface area contributed by atoms with Crippen molar-refractivity contribution in [3.63, 3.8) is 0 Å². The fourth-order valence-corrected chi connectivity index (χ4v) is 6.35. The molecule has 0 spiro atoms. The van der Waals surface area contributed by atoms with E-state index in [0.29, 0.717) is 26.2 Å². The second-order valence-electron chi connectivity index (χ2n) is 15.1. The van der Waals surface area contributed by atoms with Crippen LogP contribution in [-0.4, -0.2) is 27.7 Å². The number of hydrogen-bond acceptors (Lipinski definition) is 5. The molecule has 0 bridgehead atoms. The van der Waals surface area contributed by atoms with Crippen LogP contribution in [0, 0.1) is 5.41 Å². The second-order valence-corrected chi connectivity index (χ2v) is 25.7. The third-order valence-corrected chi connectivity index (χ3v) is 19.1. The highest BCUT2D eigenvalue weighted by molar-refractivity contribution is 7.10. The molecule has 0 amide bonds. The van der Waals surface area contributed by atoms with Gasteiger partial charge in [-0.05, 0) is 109 Å². The van der Waals surface area contributed by atoms with Gasteiger partial charge < -0.3 is 18.7 Å². The third-order valence-electron chi connectivity index (χ3n) is 9.19. The first kappa shape index (κ1) is 36.5. The Kier molecular flexibility index (Phi) is 12.1. The summed E-state index contributed by atoms with van der Waals surface area (Å²) in [6, 6.07) is 8.46. The predicted molar refractivity (Wildman–Crippen MR) is 183 cm³/mol. The van der Waals surface area contributed by atoms with Crippen LogP contribution in [0.4, 0.5) is 0 Å². The molecule has 1 heterocycles. The molecule has 0 aliphatic heterocycles. The maximum atomic E-state index is 11.5. The molecule has 42 heavy (non-hydrogen) atoms. The van der Waals surface area contributed by atoms with Crippen molar-refractivity contribution in [3.05, 3.63) is 57.3 Å². The zero-order valence-corrected chi connectivity index (χ0v) is 31.3. The molecule has 1 aromatic carbocycles. The van der Waals surface area contributed by atoms with Gasteiger partial charge in [0.05, 0.1) is 18.6 Å². The summed E-state index contributed by atoms with van der Waals surface area (Å²) in [6.07, 6.45) is 3.42. The van der Waals surface area contributed by atoms with E-state index in [1.165, 1.54) is 5.57 Å². The summed E-state index contributed by atoms with van der Waals surface area (Å²) in [5.74, 6) is 0.0459. The fraction of sp³-hybridized carbons (Fsp3) is 0.618. The molecule has 8 heteroatoms. The molecule has 0 atom stereocenters. The Hall–Kier alpha value is -1.72. The minimum atomic E-state index is -1.93. The van der Waals surface area contributed by atoms with Crippen molar-refractivity contribution in [2.24, 2.45) is 5.41 Å². The molecule has 0 unspecified atom stereocenters. The van der Waals surface area contributed by atoms with Crippen molar-refractivity contribution in [3.8, 4) is 5.75 Å². The normalized spacial score (nSPS) is 13.9. The lowest BCUT2D eigenvalue weighted by molar-refractivity contribution is -0.146. The first-order valence-electron chi connectivity index (χ1n) is 15.1. The van der Waals surface area contributed by atoms with E-state index < -0.39 is 28.0 Å². The fourth-order valence-electron chi connectivity index (χ4n) is 3.63. The van der Waals surface area contributed by atoms with Crippen LogP contribution in [-0.2, 0) is 33.5 Å². The Balaban J connectivity index is 2.23. The van der Waals surface area contributed by atoms with Gasteiger partial charge in [0.2, 0.25) is 0 Å². The van der Waals surface area contributed by atoms with Crippen LogP contribution in [0.15, 0.2) is 35.7 Å². The van der Waals surface area contributed by atoms with E-state index in [-0.39, 0.29) is 10.1 Å². The zero-order chi connectivity index (χ0) is 32.1. The Labute approximate surface area is 262 Å². The predicted octanol–water partition coefficient (Wildman–Crippen LogP) is 10.7. The molecule has 236 valence electrons. The van der Waals surface area contributed by atoms with Crippen molar-refractivity contribution in [1.29, 1.82) is 0 Å². The van der Waals surface area contributed by atoms with Gasteiger partial charge in [-0.15, -0.1) is 11.3 Å². The number of carboxylic acids is 1. The first-order chi connectivity index (χ1) is 19.1. The van der Waals surface area contributed by atoms with Crippen molar-refractivity contribution in [2.75, 3.05) is 0 Å². The van der Waals surface area contributed by atoms with Crippen molar-refractivity contribution in [2.45, 2.75) is 131 Å². The van der Waals surface area contributed by atoms with E-state index in [0.717, 1.165) is 33.7 Å². The summed E-state index contributed by atoms with van der Waals surface area (Å²) in [5.41, 5.74) is 3.81. The average molecular weight is 633 g/mol. The number of carbonyl (C=O) groups is 1. The van der Waals surface area contributed by atoms with Gasteiger partial charge in [0.1, 0.15) is 12.4 Å². The van der Waals surface area contributed by atoms with E-state index in [1.54, 1.807) is 25.2 Å². The Morgan fingerprint density at radius 2 is 1.40 bits per heavy atom. The quantitative estimate of drug-likeness (QED) is 0.210. The maximum absolute atomic E-state index is 11.5. The molecule has 1 N–H and O–H groups in total. The summed E-state index contributed by atoms with van der Waals surface area (Å²) in [7, 11) is -3.84. The summed E-state index contributed by atoms with van der Waals surface area (Å²) in [5, 5.41) is 11.9. The van der Waals surface area contributed by atoms with Gasteiger partial charge in [-0.25, -0.2) is 0 Å². The molecule has 0 radical (unpaired) electrons. The average Bonchev–Trinajstić information content (AvgIpc) is 3.33. The highest BCUT2D eigenvalue weighted by atomic mass is 32.1. The summed E-state index contributed by atoms with van der Waals surface area (Å²) in [4.78, 5) is 12.7. The smallest absolute Gasteiger partial charge is 0.309 e. The first-order valence-corrected chi connectivity index (χ1v) is 21.8. The van der Waals surface area contributed by atoms with Crippen LogP contribution in [0.2, 0.25) is 36.3 Å². The van der Waals surface area contributed by atoms with Crippen molar-refractivity contribution < 1.29 is 23.5 Å². The number of hydrogen-bond donors (Lipinski definition) is 1. The zero-order valence-electron chi connectivity index (χ0n) is 28.5. The second kappa shape index (κ2) is 13.9. The molecular weight excluding hydrogens is 577 g/mol. The number of allylic oxidation sites excluding steroid dienone is 2. The maximum Gasteiger partial charge on any atom is 0.309 e. The lowest BCUT2D eigenvalue weighted by Crippen LogP contribution is -2.41. The van der Waals surface area contributed by atoms with E-state index in [2.05, 4.69) is 104 Å². The highest BCUT2D eigenvalue weighted by Gasteiger charge is 2.38. The van der Waals surface area contributed by atoms with Gasteiger partial charge in [-0.2, -0.15) is 0 Å². The number of carboxylic acid groups (broad SMARTS) is 1. The largest absolute Gasteiger partial charge is 0.488 e. The van der Waals surface area contributed by atoms with Crippen LogP contribution >= 0.6 is 11.3 Å². The minimum Gasteiger partial charge on any atom is -0.488 e. The summed E-state index contributed by atoms with van der Waals surface area (Å²) >= 11 is 1.67. The number of thiophene rings is 1. The molecule has 0 aliphatic carbocycles. The van der Waals surface area contributed by atoms with Crippen LogP contribution in [0.25, 0.3) is 5.57 Å². The van der Waals surface area contributed by atoms with Gasteiger partial charge in [0.25, 0.3) is 0 Å². The van der Waals surface area contributed by atoms with E-state index in [9.17, 15) is 9.90 Å². The Bertz CT molecular complexity index is 1230. The SMILES string of the molecule is CCC(=CCC(C)(C)C(=O)O)c1csc(COc2ccc(CO[Si](C)(C)C(C)(C)C)c(CO[Si](C)(C)C(C)(C)C)c2)c1.